The van der Waals surface area contributed by atoms with Crippen LogP contribution in [0.3, 0.4) is 0 Å². The monoisotopic (exact) mass is 447 g/mol. The Bertz CT molecular complexity index is 1450. The molecular weight excluding hydrogens is 426 g/mol. The normalized spacial score (nSPS) is 12.1. The molecule has 32 heavy (non-hydrogen) atoms. The lowest BCUT2D eigenvalue weighted by Crippen LogP contribution is -2.36. The summed E-state index contributed by atoms with van der Waals surface area (Å²) in [5, 5.41) is 17.5. The Morgan fingerprint density at radius 3 is 2.41 bits per heavy atom. The molecule has 4 aromatic carbocycles. The Morgan fingerprint density at radius 1 is 0.969 bits per heavy atom. The van der Waals surface area contributed by atoms with E-state index in [0.717, 1.165) is 25.9 Å². The minimum Gasteiger partial charge on any atom is -0.507 e. The zero-order valence-corrected chi connectivity index (χ0v) is 18.1. The number of rotatable bonds is 6. The fraction of sp³-hybridized carbons (Fsp3) is 0.0833. The van der Waals surface area contributed by atoms with Gasteiger partial charge in [0.25, 0.3) is 5.91 Å². The van der Waals surface area contributed by atoms with Crippen LogP contribution < -0.4 is 5.43 Å². The topological polar surface area (TPSA) is 99.1 Å². The van der Waals surface area contributed by atoms with Gasteiger partial charge in [0.15, 0.2) is 0 Å². The lowest BCUT2D eigenvalue weighted by atomic mass is 10.0. The lowest BCUT2D eigenvalue weighted by molar-refractivity contribution is -0.121. The molecule has 1 amide bonds. The van der Waals surface area contributed by atoms with Crippen LogP contribution in [0.1, 0.15) is 5.56 Å². The van der Waals surface area contributed by atoms with E-state index in [0.29, 0.717) is 5.56 Å². The molecule has 0 radical (unpaired) electrons. The quantitative estimate of drug-likeness (QED) is 0.349. The molecule has 0 saturated heterocycles. The van der Waals surface area contributed by atoms with Crippen LogP contribution in [-0.2, 0) is 14.8 Å². The predicted octanol–water partition coefficient (Wildman–Crippen LogP) is 3.47. The molecule has 0 aromatic heterocycles. The zero-order valence-electron chi connectivity index (χ0n) is 17.3. The second-order valence-corrected chi connectivity index (χ2v) is 9.33. The Morgan fingerprint density at radius 2 is 1.62 bits per heavy atom. The van der Waals surface area contributed by atoms with Crippen molar-refractivity contribution in [3.05, 3.63) is 84.4 Å². The summed E-state index contributed by atoms with van der Waals surface area (Å²) in [4.78, 5) is 12.4. The first-order chi connectivity index (χ1) is 15.4. The van der Waals surface area contributed by atoms with Gasteiger partial charge >= 0.3 is 0 Å². The fourth-order valence-corrected chi connectivity index (χ4v) is 4.58. The highest BCUT2D eigenvalue weighted by Crippen LogP contribution is 2.25. The van der Waals surface area contributed by atoms with Crippen molar-refractivity contribution in [2.24, 2.45) is 5.10 Å². The average molecular weight is 448 g/mol. The summed E-state index contributed by atoms with van der Waals surface area (Å²) in [6, 6.07) is 23.1. The summed E-state index contributed by atoms with van der Waals surface area (Å²) in [5.74, 6) is -0.578. The van der Waals surface area contributed by atoms with E-state index < -0.39 is 22.5 Å². The zero-order chi connectivity index (χ0) is 22.7. The maximum Gasteiger partial charge on any atom is 0.255 e. The van der Waals surface area contributed by atoms with Gasteiger partial charge in [0.2, 0.25) is 10.0 Å². The number of sulfonamides is 1. The van der Waals surface area contributed by atoms with E-state index in [1.54, 1.807) is 24.3 Å². The van der Waals surface area contributed by atoms with Gasteiger partial charge in [-0.05, 0) is 39.7 Å². The van der Waals surface area contributed by atoms with Gasteiger partial charge in [-0.1, -0.05) is 60.7 Å². The van der Waals surface area contributed by atoms with E-state index in [4.69, 9.17) is 0 Å². The molecule has 0 unspecified atom stereocenters. The van der Waals surface area contributed by atoms with E-state index in [-0.39, 0.29) is 10.6 Å². The number of hydrogen-bond acceptors (Lipinski definition) is 5. The summed E-state index contributed by atoms with van der Waals surface area (Å²) in [5.41, 5.74) is 2.78. The summed E-state index contributed by atoms with van der Waals surface area (Å²) in [6.45, 7) is -0.409. The number of aromatic hydroxyl groups is 1. The molecular formula is C24H21N3O4S. The minimum atomic E-state index is -3.86. The molecule has 0 aliphatic rings. The maximum absolute atomic E-state index is 12.9. The summed E-state index contributed by atoms with van der Waals surface area (Å²) in [7, 11) is -2.52. The molecule has 162 valence electrons. The number of hydrogen-bond donors (Lipinski definition) is 2. The van der Waals surface area contributed by atoms with Crippen LogP contribution in [0.15, 0.2) is 88.9 Å². The van der Waals surface area contributed by atoms with E-state index in [2.05, 4.69) is 10.5 Å². The molecule has 0 aliphatic heterocycles. The third kappa shape index (κ3) is 4.32. The number of amides is 1. The van der Waals surface area contributed by atoms with Gasteiger partial charge in [0.05, 0.1) is 17.7 Å². The molecule has 0 fully saturated rings. The van der Waals surface area contributed by atoms with Crippen molar-refractivity contribution in [2.45, 2.75) is 4.90 Å². The van der Waals surface area contributed by atoms with Crippen molar-refractivity contribution in [2.75, 3.05) is 13.6 Å². The van der Waals surface area contributed by atoms with Gasteiger partial charge < -0.3 is 5.11 Å². The number of phenols is 1. The van der Waals surface area contributed by atoms with Gasteiger partial charge in [-0.15, -0.1) is 0 Å². The third-order valence-electron chi connectivity index (χ3n) is 5.13. The third-order valence-corrected chi connectivity index (χ3v) is 6.93. The molecule has 0 bridgehead atoms. The number of nitrogens with zero attached hydrogens (tertiary/aromatic N) is 2. The van der Waals surface area contributed by atoms with Crippen molar-refractivity contribution in [1.82, 2.24) is 9.73 Å². The Labute approximate surface area is 185 Å². The van der Waals surface area contributed by atoms with Gasteiger partial charge in [0, 0.05) is 12.6 Å². The van der Waals surface area contributed by atoms with Crippen LogP contribution in [0.25, 0.3) is 21.5 Å². The number of phenolic OH excluding ortho intramolecular Hbond substituents is 1. The molecule has 7 nitrogen and oxygen atoms in total. The van der Waals surface area contributed by atoms with E-state index in [1.165, 1.54) is 19.3 Å². The number of fused-ring (bicyclic) bond motifs is 2. The highest BCUT2D eigenvalue weighted by molar-refractivity contribution is 7.89. The molecule has 8 heteroatoms. The number of benzene rings is 4. The smallest absolute Gasteiger partial charge is 0.255 e. The van der Waals surface area contributed by atoms with Crippen molar-refractivity contribution >= 4 is 43.7 Å². The predicted molar refractivity (Wildman–Crippen MR) is 125 cm³/mol. The molecule has 0 aliphatic carbocycles. The van der Waals surface area contributed by atoms with Crippen LogP contribution >= 0.6 is 0 Å². The molecule has 4 rings (SSSR count). The lowest BCUT2D eigenvalue weighted by Gasteiger charge is -2.16. The second-order valence-electron chi connectivity index (χ2n) is 7.28. The molecule has 2 N–H and O–H groups in total. The largest absolute Gasteiger partial charge is 0.507 e. The number of carbonyl (C=O) groups excluding carboxylic acids is 1. The van der Waals surface area contributed by atoms with E-state index in [1.807, 2.05) is 48.5 Å². The van der Waals surface area contributed by atoms with Crippen molar-refractivity contribution in [3.8, 4) is 5.75 Å². The van der Waals surface area contributed by atoms with Crippen molar-refractivity contribution < 1.29 is 18.3 Å². The van der Waals surface area contributed by atoms with Gasteiger partial charge in [0.1, 0.15) is 5.75 Å². The first-order valence-electron chi connectivity index (χ1n) is 9.84. The number of carbonyl (C=O) groups is 1. The number of likely N-dealkylation sites (N-methyl/N-ethyl adjacent to an activating group) is 1. The molecule has 0 heterocycles. The Hall–Kier alpha value is -3.75. The molecule has 4 aromatic rings. The van der Waals surface area contributed by atoms with Crippen LogP contribution in [0.2, 0.25) is 0 Å². The Kier molecular flexibility index (Phi) is 5.89. The molecule has 0 atom stereocenters. The standard InChI is InChI=1S/C24H21N3O4S/c1-27(32(30,31)20-12-10-17-6-2-3-8-19(17)14-20)16-24(29)26-25-15-22-21-9-5-4-7-18(21)11-13-23(22)28/h2-15,28H,16H2,1H3,(H,26,29)/b25-15+. The number of nitrogens with one attached hydrogen (secondary N) is 1. The maximum atomic E-state index is 12.9. The van der Waals surface area contributed by atoms with Crippen LogP contribution in [0.5, 0.6) is 5.75 Å². The highest BCUT2D eigenvalue weighted by Gasteiger charge is 2.23. The van der Waals surface area contributed by atoms with Crippen LogP contribution in [0.4, 0.5) is 0 Å². The molecule has 0 spiro atoms. The van der Waals surface area contributed by atoms with Crippen LogP contribution in [0, 0.1) is 0 Å². The first-order valence-corrected chi connectivity index (χ1v) is 11.3. The molecule has 0 saturated carbocycles. The van der Waals surface area contributed by atoms with Crippen molar-refractivity contribution in [1.29, 1.82) is 0 Å². The van der Waals surface area contributed by atoms with Gasteiger partial charge in [-0.25, -0.2) is 13.8 Å². The van der Waals surface area contributed by atoms with E-state index >= 15 is 0 Å². The average Bonchev–Trinajstić information content (AvgIpc) is 2.80. The van der Waals surface area contributed by atoms with Gasteiger partial charge in [-0.2, -0.15) is 9.41 Å². The summed E-state index contributed by atoms with van der Waals surface area (Å²) < 4.78 is 26.7. The van der Waals surface area contributed by atoms with Gasteiger partial charge in [-0.3, -0.25) is 4.79 Å². The van der Waals surface area contributed by atoms with Crippen molar-refractivity contribution in [3.63, 3.8) is 0 Å². The number of hydrazone groups is 1. The fourth-order valence-electron chi connectivity index (χ4n) is 3.42. The SMILES string of the molecule is CN(CC(=O)N/N=C/c1c(O)ccc2ccccc12)S(=O)(=O)c1ccc2ccccc2c1. The second kappa shape index (κ2) is 8.78. The van der Waals surface area contributed by atoms with E-state index in [9.17, 15) is 18.3 Å². The summed E-state index contributed by atoms with van der Waals surface area (Å²) >= 11 is 0. The van der Waals surface area contributed by atoms with Crippen LogP contribution in [-0.4, -0.2) is 43.5 Å². The minimum absolute atomic E-state index is 0.0256. The Balaban J connectivity index is 1.46. The first kappa shape index (κ1) is 21.5. The summed E-state index contributed by atoms with van der Waals surface area (Å²) in [6.07, 6.45) is 1.34. The highest BCUT2D eigenvalue weighted by atomic mass is 32.2.